The van der Waals surface area contributed by atoms with Gasteiger partial charge in [-0.25, -0.2) is 18.2 Å². The van der Waals surface area contributed by atoms with Crippen LogP contribution in [0.5, 0.6) is 0 Å². The van der Waals surface area contributed by atoms with E-state index in [1.807, 2.05) is 0 Å². The number of nitrogens with one attached hydrogen (secondary N) is 2. The number of thiazole rings is 1. The number of benzene rings is 1. The molecule has 1 aliphatic rings. The van der Waals surface area contributed by atoms with Crippen LogP contribution in [0.4, 0.5) is 10.5 Å². The second kappa shape index (κ2) is 7.27. The van der Waals surface area contributed by atoms with Crippen molar-refractivity contribution in [1.82, 2.24) is 10.3 Å². The van der Waals surface area contributed by atoms with Crippen LogP contribution in [0.15, 0.2) is 22.5 Å². The van der Waals surface area contributed by atoms with Crippen LogP contribution in [0.3, 0.4) is 0 Å². The Kier molecular flexibility index (Phi) is 5.26. The van der Waals surface area contributed by atoms with Gasteiger partial charge in [-0.3, -0.25) is 0 Å². The number of anilines is 1. The summed E-state index contributed by atoms with van der Waals surface area (Å²) in [4.78, 5) is 16.2. The first-order valence-electron chi connectivity index (χ1n) is 8.17. The van der Waals surface area contributed by atoms with Gasteiger partial charge in [-0.05, 0) is 44.9 Å². The zero-order valence-corrected chi connectivity index (χ0v) is 15.7. The number of carbonyl (C=O) groups excluding carboxylic acids is 1. The maximum atomic E-state index is 12.2. The van der Waals surface area contributed by atoms with Crippen LogP contribution in [-0.2, 0) is 14.6 Å². The van der Waals surface area contributed by atoms with Crippen molar-refractivity contribution >= 4 is 43.1 Å². The van der Waals surface area contributed by atoms with Gasteiger partial charge in [-0.2, -0.15) is 0 Å². The molecule has 2 aromatic rings. The highest BCUT2D eigenvalue weighted by Gasteiger charge is 2.23. The third-order valence-corrected chi connectivity index (χ3v) is 7.58. The number of carbonyl (C=O) groups is 1. The molecule has 1 aromatic carbocycles. The van der Waals surface area contributed by atoms with Crippen molar-refractivity contribution in [3.05, 3.63) is 18.2 Å². The van der Waals surface area contributed by atoms with Crippen molar-refractivity contribution in [2.45, 2.75) is 42.4 Å². The van der Waals surface area contributed by atoms with E-state index in [1.54, 1.807) is 32.0 Å². The SMILES string of the molecule is CC(C)S(=O)(=O)c1nc2ccc(NC(=O)NC[C@H]3CCCO3)cc2s1. The predicted molar refractivity (Wildman–Crippen MR) is 97.9 cm³/mol. The highest BCUT2D eigenvalue weighted by atomic mass is 32.2. The lowest BCUT2D eigenvalue weighted by Crippen LogP contribution is -2.34. The van der Waals surface area contributed by atoms with Gasteiger partial charge in [-0.1, -0.05) is 0 Å². The van der Waals surface area contributed by atoms with E-state index in [2.05, 4.69) is 15.6 Å². The molecular weight excluding hydrogens is 362 g/mol. The quantitative estimate of drug-likeness (QED) is 0.827. The van der Waals surface area contributed by atoms with Crippen LogP contribution in [0.1, 0.15) is 26.7 Å². The molecule has 136 valence electrons. The van der Waals surface area contributed by atoms with E-state index < -0.39 is 15.1 Å². The van der Waals surface area contributed by atoms with Gasteiger partial charge in [-0.15, -0.1) is 11.3 Å². The molecule has 0 bridgehead atoms. The van der Waals surface area contributed by atoms with Gasteiger partial charge in [0.25, 0.3) is 0 Å². The summed E-state index contributed by atoms with van der Waals surface area (Å²) >= 11 is 1.12. The number of hydrogen-bond acceptors (Lipinski definition) is 6. The first kappa shape index (κ1) is 18.1. The van der Waals surface area contributed by atoms with Gasteiger partial charge in [0.05, 0.1) is 21.6 Å². The number of nitrogens with zero attached hydrogens (tertiary/aromatic N) is 1. The van der Waals surface area contributed by atoms with Crippen LogP contribution in [0.25, 0.3) is 10.2 Å². The molecule has 0 spiro atoms. The second-order valence-corrected chi connectivity index (χ2v) is 9.93. The number of amides is 2. The summed E-state index contributed by atoms with van der Waals surface area (Å²) in [6.07, 6.45) is 2.07. The predicted octanol–water partition coefficient (Wildman–Crippen LogP) is 2.78. The first-order valence-corrected chi connectivity index (χ1v) is 10.5. The first-order chi connectivity index (χ1) is 11.9. The summed E-state index contributed by atoms with van der Waals surface area (Å²) in [7, 11) is -3.40. The minimum atomic E-state index is -3.40. The van der Waals surface area contributed by atoms with E-state index in [4.69, 9.17) is 4.74 Å². The number of rotatable bonds is 5. The second-order valence-electron chi connectivity index (χ2n) is 6.23. The largest absolute Gasteiger partial charge is 0.376 e. The zero-order valence-electron chi connectivity index (χ0n) is 14.1. The number of fused-ring (bicyclic) bond motifs is 1. The van der Waals surface area contributed by atoms with E-state index in [1.165, 1.54) is 0 Å². The molecule has 7 nitrogen and oxygen atoms in total. The molecule has 3 rings (SSSR count). The third-order valence-electron chi connectivity index (χ3n) is 4.00. The molecule has 2 heterocycles. The van der Waals surface area contributed by atoms with Gasteiger partial charge in [0.15, 0.2) is 0 Å². The van der Waals surface area contributed by atoms with Gasteiger partial charge < -0.3 is 15.4 Å². The Morgan fingerprint density at radius 3 is 2.92 bits per heavy atom. The Hall–Kier alpha value is -1.71. The normalized spacial score (nSPS) is 18.0. The van der Waals surface area contributed by atoms with Crippen LogP contribution in [0.2, 0.25) is 0 Å². The molecule has 1 fully saturated rings. The molecule has 0 aliphatic carbocycles. The van der Waals surface area contributed by atoms with Crippen molar-refractivity contribution in [3.8, 4) is 0 Å². The molecule has 0 saturated carbocycles. The smallest absolute Gasteiger partial charge is 0.319 e. The fraction of sp³-hybridized carbons (Fsp3) is 0.500. The highest BCUT2D eigenvalue weighted by Crippen LogP contribution is 2.29. The number of aromatic nitrogens is 1. The zero-order chi connectivity index (χ0) is 18.0. The van der Waals surface area contributed by atoms with Crippen LogP contribution in [-0.4, -0.2) is 43.9 Å². The monoisotopic (exact) mass is 383 g/mol. The summed E-state index contributed by atoms with van der Waals surface area (Å²) in [5, 5.41) is 5.02. The molecule has 0 radical (unpaired) electrons. The van der Waals surface area contributed by atoms with E-state index in [9.17, 15) is 13.2 Å². The van der Waals surface area contributed by atoms with E-state index >= 15 is 0 Å². The molecule has 9 heteroatoms. The Balaban J connectivity index is 1.69. The lowest BCUT2D eigenvalue weighted by molar-refractivity contribution is 0.112. The van der Waals surface area contributed by atoms with E-state index in [-0.39, 0.29) is 16.5 Å². The van der Waals surface area contributed by atoms with Gasteiger partial charge in [0.2, 0.25) is 14.2 Å². The molecule has 25 heavy (non-hydrogen) atoms. The molecule has 2 N–H and O–H groups in total. The number of hydrogen-bond donors (Lipinski definition) is 2. The Labute approximate surface area is 150 Å². The van der Waals surface area contributed by atoms with Crippen LogP contribution < -0.4 is 10.6 Å². The van der Waals surface area contributed by atoms with Gasteiger partial charge in [0, 0.05) is 18.8 Å². The number of sulfone groups is 1. The molecule has 1 atom stereocenters. The minimum Gasteiger partial charge on any atom is -0.376 e. The summed E-state index contributed by atoms with van der Waals surface area (Å²) in [5.41, 5.74) is 1.20. The summed E-state index contributed by atoms with van der Waals surface area (Å²) < 4.78 is 30.7. The van der Waals surface area contributed by atoms with Crippen LogP contribution >= 0.6 is 11.3 Å². The third kappa shape index (κ3) is 4.10. The van der Waals surface area contributed by atoms with Crippen molar-refractivity contribution in [1.29, 1.82) is 0 Å². The maximum Gasteiger partial charge on any atom is 0.319 e. The Bertz CT molecular complexity index is 871. The summed E-state index contributed by atoms with van der Waals surface area (Å²) in [6, 6.07) is 4.84. The summed E-state index contributed by atoms with van der Waals surface area (Å²) in [6.45, 7) is 4.49. The molecule has 1 aromatic heterocycles. The maximum absolute atomic E-state index is 12.2. The van der Waals surface area contributed by atoms with Crippen molar-refractivity contribution < 1.29 is 17.9 Å². The average Bonchev–Trinajstić information content (AvgIpc) is 3.22. The fourth-order valence-corrected chi connectivity index (χ4v) is 5.17. The molecular formula is C16H21N3O4S2. The lowest BCUT2D eigenvalue weighted by atomic mass is 10.2. The van der Waals surface area contributed by atoms with Gasteiger partial charge >= 0.3 is 6.03 Å². The van der Waals surface area contributed by atoms with E-state index in [0.717, 1.165) is 35.5 Å². The van der Waals surface area contributed by atoms with Crippen LogP contribution in [0, 0.1) is 0 Å². The van der Waals surface area contributed by atoms with Crippen molar-refractivity contribution in [2.24, 2.45) is 0 Å². The molecule has 0 unspecified atom stereocenters. The highest BCUT2D eigenvalue weighted by molar-refractivity contribution is 7.94. The number of urea groups is 1. The minimum absolute atomic E-state index is 0.0820. The molecule has 2 amide bonds. The van der Waals surface area contributed by atoms with Gasteiger partial charge in [0.1, 0.15) is 0 Å². The Morgan fingerprint density at radius 1 is 1.44 bits per heavy atom. The van der Waals surface area contributed by atoms with E-state index in [0.29, 0.717) is 17.7 Å². The average molecular weight is 383 g/mol. The van der Waals surface area contributed by atoms with Crippen molar-refractivity contribution in [2.75, 3.05) is 18.5 Å². The number of ether oxygens (including phenoxy) is 1. The Morgan fingerprint density at radius 2 is 2.24 bits per heavy atom. The summed E-state index contributed by atoms with van der Waals surface area (Å²) in [5.74, 6) is 0. The lowest BCUT2D eigenvalue weighted by Gasteiger charge is -2.11. The fourth-order valence-electron chi connectivity index (χ4n) is 2.49. The molecule has 1 saturated heterocycles. The standard InChI is InChI=1S/C16H21N3O4S2/c1-10(2)25(21,22)16-19-13-6-5-11(8-14(13)24-16)18-15(20)17-9-12-4-3-7-23-12/h5-6,8,10,12H,3-4,7,9H2,1-2H3,(H2,17,18,20)/t12-/m1/s1. The topological polar surface area (TPSA) is 97.4 Å². The molecule has 1 aliphatic heterocycles. The van der Waals surface area contributed by atoms with Crippen molar-refractivity contribution in [3.63, 3.8) is 0 Å².